The van der Waals surface area contributed by atoms with Gasteiger partial charge < -0.3 is 19.4 Å². The Labute approximate surface area is 126 Å². The molecule has 0 saturated carbocycles. The number of amides is 1. The highest BCUT2D eigenvalue weighted by atomic mass is 16.6. The van der Waals surface area contributed by atoms with E-state index in [4.69, 9.17) is 9.47 Å². The Balaban J connectivity index is 2.52. The fourth-order valence-electron chi connectivity index (χ4n) is 1.92. The number of ether oxygens (including phenoxy) is 2. The van der Waals surface area contributed by atoms with E-state index in [1.807, 2.05) is 39.2 Å². The van der Waals surface area contributed by atoms with Gasteiger partial charge in [-0.2, -0.15) is 0 Å². The maximum Gasteiger partial charge on any atom is 0.408 e. The zero-order valence-electron chi connectivity index (χ0n) is 13.7. The van der Waals surface area contributed by atoms with Gasteiger partial charge in [0.25, 0.3) is 0 Å². The molecule has 1 N–H and O–H groups in total. The number of imidazole rings is 1. The van der Waals surface area contributed by atoms with E-state index in [1.54, 1.807) is 12.5 Å². The van der Waals surface area contributed by atoms with Gasteiger partial charge in [0.2, 0.25) is 0 Å². The Hall–Kier alpha value is -1.56. The summed E-state index contributed by atoms with van der Waals surface area (Å²) in [4.78, 5) is 15.9. The molecule has 0 radical (unpaired) electrons. The number of carbonyl (C=O) groups excluding carboxylic acids is 1. The number of alkyl carbamates (subject to hydrolysis) is 1. The van der Waals surface area contributed by atoms with Gasteiger partial charge in [-0.25, -0.2) is 9.78 Å². The lowest BCUT2D eigenvalue weighted by molar-refractivity contribution is 0.0506. The quantitative estimate of drug-likeness (QED) is 0.786. The molecular formula is C15H27N3O3. The summed E-state index contributed by atoms with van der Waals surface area (Å²) in [6.07, 6.45) is 4.03. The zero-order valence-corrected chi connectivity index (χ0v) is 13.7. The molecule has 0 saturated heterocycles. The van der Waals surface area contributed by atoms with Gasteiger partial charge in [0, 0.05) is 19.8 Å². The topological polar surface area (TPSA) is 65.4 Å². The second-order valence-corrected chi connectivity index (χ2v) is 5.93. The molecule has 0 bridgehead atoms. The molecule has 0 aliphatic rings. The molecule has 0 unspecified atom stereocenters. The van der Waals surface area contributed by atoms with E-state index in [-0.39, 0.29) is 6.04 Å². The molecule has 6 heteroatoms. The monoisotopic (exact) mass is 297 g/mol. The highest BCUT2D eigenvalue weighted by Crippen LogP contribution is 2.14. The van der Waals surface area contributed by atoms with Gasteiger partial charge in [-0.1, -0.05) is 0 Å². The van der Waals surface area contributed by atoms with Crippen LogP contribution in [0.5, 0.6) is 0 Å². The first kappa shape index (κ1) is 17.5. The van der Waals surface area contributed by atoms with Crippen molar-refractivity contribution in [3.05, 3.63) is 18.2 Å². The van der Waals surface area contributed by atoms with Crippen LogP contribution in [0.25, 0.3) is 0 Å². The van der Waals surface area contributed by atoms with E-state index in [1.165, 1.54) is 0 Å². The highest BCUT2D eigenvalue weighted by Gasteiger charge is 2.19. The summed E-state index contributed by atoms with van der Waals surface area (Å²) in [6.45, 7) is 11.7. The lowest BCUT2D eigenvalue weighted by atomic mass is 10.2. The molecule has 21 heavy (non-hydrogen) atoms. The van der Waals surface area contributed by atoms with Gasteiger partial charge in [-0.3, -0.25) is 0 Å². The minimum atomic E-state index is -0.498. The third-order valence-corrected chi connectivity index (χ3v) is 2.81. The molecule has 0 aromatic carbocycles. The Bertz CT molecular complexity index is 438. The highest BCUT2D eigenvalue weighted by molar-refractivity contribution is 5.68. The molecule has 0 aliphatic carbocycles. The standard InChI is InChI=1S/C15H27N3O3/c1-6-20-9-7-8-18-11-16-10-13(18)12(2)17-14(19)21-15(3,4)5/h10-12H,6-9H2,1-5H3,(H,17,19)/t12-/m1/s1. The van der Waals surface area contributed by atoms with Crippen LogP contribution in [0.3, 0.4) is 0 Å². The summed E-state index contributed by atoms with van der Waals surface area (Å²) in [5.74, 6) is 0. The van der Waals surface area contributed by atoms with Gasteiger partial charge in [0.05, 0.1) is 24.3 Å². The second-order valence-electron chi connectivity index (χ2n) is 5.93. The van der Waals surface area contributed by atoms with Crippen LogP contribution in [-0.2, 0) is 16.0 Å². The second kappa shape index (κ2) is 8.02. The van der Waals surface area contributed by atoms with Crippen LogP contribution < -0.4 is 5.32 Å². The number of aromatic nitrogens is 2. The molecule has 120 valence electrons. The Kier molecular flexibility index (Phi) is 6.68. The molecule has 1 heterocycles. The maximum absolute atomic E-state index is 11.8. The summed E-state index contributed by atoms with van der Waals surface area (Å²) in [6, 6.07) is -0.158. The summed E-state index contributed by atoms with van der Waals surface area (Å²) < 4.78 is 12.6. The molecular weight excluding hydrogens is 270 g/mol. The van der Waals surface area contributed by atoms with Gasteiger partial charge in [-0.05, 0) is 41.0 Å². The molecule has 1 atom stereocenters. The van der Waals surface area contributed by atoms with Crippen molar-refractivity contribution in [2.24, 2.45) is 0 Å². The predicted octanol–water partition coefficient (Wildman–Crippen LogP) is 2.90. The van der Waals surface area contributed by atoms with E-state index in [9.17, 15) is 4.79 Å². The van der Waals surface area contributed by atoms with Crippen molar-refractivity contribution in [2.45, 2.75) is 59.2 Å². The molecule has 1 amide bonds. The van der Waals surface area contributed by atoms with Crippen LogP contribution in [-0.4, -0.2) is 34.5 Å². The Morgan fingerprint density at radius 2 is 2.19 bits per heavy atom. The number of aryl methyl sites for hydroxylation is 1. The summed E-state index contributed by atoms with van der Waals surface area (Å²) in [7, 11) is 0. The molecule has 1 aromatic rings. The van der Waals surface area contributed by atoms with Crippen LogP contribution in [0.2, 0.25) is 0 Å². The van der Waals surface area contributed by atoms with Gasteiger partial charge in [0.1, 0.15) is 5.60 Å². The van der Waals surface area contributed by atoms with Crippen LogP contribution in [0.1, 0.15) is 52.8 Å². The van der Waals surface area contributed by atoms with Gasteiger partial charge in [0.15, 0.2) is 0 Å². The van der Waals surface area contributed by atoms with Crippen molar-refractivity contribution >= 4 is 6.09 Å². The fraction of sp³-hybridized carbons (Fsp3) is 0.733. The minimum absolute atomic E-state index is 0.158. The van der Waals surface area contributed by atoms with Crippen molar-refractivity contribution < 1.29 is 14.3 Å². The predicted molar refractivity (Wildman–Crippen MR) is 81.1 cm³/mol. The normalized spacial score (nSPS) is 13.0. The number of carbonyl (C=O) groups is 1. The van der Waals surface area contributed by atoms with Crippen LogP contribution >= 0.6 is 0 Å². The van der Waals surface area contributed by atoms with Crippen LogP contribution in [0.4, 0.5) is 4.79 Å². The largest absolute Gasteiger partial charge is 0.444 e. The van der Waals surface area contributed by atoms with Crippen molar-refractivity contribution in [3.8, 4) is 0 Å². The Morgan fingerprint density at radius 3 is 2.81 bits per heavy atom. The van der Waals surface area contributed by atoms with E-state index >= 15 is 0 Å². The molecule has 6 nitrogen and oxygen atoms in total. The smallest absolute Gasteiger partial charge is 0.408 e. The average molecular weight is 297 g/mol. The van der Waals surface area contributed by atoms with Gasteiger partial charge >= 0.3 is 6.09 Å². The zero-order chi connectivity index (χ0) is 15.9. The molecule has 1 aromatic heterocycles. The lowest BCUT2D eigenvalue weighted by Crippen LogP contribution is -2.34. The van der Waals surface area contributed by atoms with Crippen molar-refractivity contribution in [3.63, 3.8) is 0 Å². The summed E-state index contributed by atoms with van der Waals surface area (Å²) in [5.41, 5.74) is 0.457. The van der Waals surface area contributed by atoms with E-state index in [0.717, 1.165) is 31.9 Å². The van der Waals surface area contributed by atoms with E-state index < -0.39 is 11.7 Å². The van der Waals surface area contributed by atoms with E-state index in [2.05, 4.69) is 10.3 Å². The molecule has 0 spiro atoms. The number of rotatable bonds is 7. The fourth-order valence-corrected chi connectivity index (χ4v) is 1.92. The lowest BCUT2D eigenvalue weighted by Gasteiger charge is -2.22. The van der Waals surface area contributed by atoms with Crippen molar-refractivity contribution in [2.75, 3.05) is 13.2 Å². The summed E-state index contributed by atoms with van der Waals surface area (Å²) >= 11 is 0. The third-order valence-electron chi connectivity index (χ3n) is 2.81. The van der Waals surface area contributed by atoms with Gasteiger partial charge in [-0.15, -0.1) is 0 Å². The third kappa shape index (κ3) is 6.62. The number of hydrogen-bond acceptors (Lipinski definition) is 4. The van der Waals surface area contributed by atoms with E-state index in [0.29, 0.717) is 0 Å². The SMILES string of the molecule is CCOCCCn1cncc1[C@@H](C)NC(=O)OC(C)(C)C. The first-order chi connectivity index (χ1) is 9.83. The van der Waals surface area contributed by atoms with Crippen molar-refractivity contribution in [1.82, 2.24) is 14.9 Å². The molecule has 1 rings (SSSR count). The average Bonchev–Trinajstić information content (AvgIpc) is 2.80. The maximum atomic E-state index is 11.8. The number of nitrogens with one attached hydrogen (secondary N) is 1. The Morgan fingerprint density at radius 1 is 1.48 bits per heavy atom. The van der Waals surface area contributed by atoms with Crippen LogP contribution in [0, 0.1) is 0 Å². The number of hydrogen-bond donors (Lipinski definition) is 1. The van der Waals surface area contributed by atoms with Crippen LogP contribution in [0.15, 0.2) is 12.5 Å². The molecule has 0 fully saturated rings. The summed E-state index contributed by atoms with van der Waals surface area (Å²) in [5, 5.41) is 2.83. The number of nitrogens with zero attached hydrogens (tertiary/aromatic N) is 2. The molecule has 0 aliphatic heterocycles. The van der Waals surface area contributed by atoms with Crippen molar-refractivity contribution in [1.29, 1.82) is 0 Å². The minimum Gasteiger partial charge on any atom is -0.444 e. The first-order valence-corrected chi connectivity index (χ1v) is 7.40. The first-order valence-electron chi connectivity index (χ1n) is 7.40.